The van der Waals surface area contributed by atoms with Gasteiger partial charge >= 0.3 is 0 Å². The predicted molar refractivity (Wildman–Crippen MR) is 59.4 cm³/mol. The Hall–Kier alpha value is -0.170. The van der Waals surface area contributed by atoms with Crippen molar-refractivity contribution in [2.75, 3.05) is 18.9 Å². The minimum absolute atomic E-state index is 0.0337. The maximum Gasteiger partial charge on any atom is 0.264 e. The summed E-state index contributed by atoms with van der Waals surface area (Å²) in [4.78, 5) is 0. The SMILES string of the molecule is CCCCC(CO)NCCCS(=O)(=O)O. The number of rotatable bonds is 9. The number of hydrogen-bond donors (Lipinski definition) is 3. The van der Waals surface area contributed by atoms with E-state index in [0.29, 0.717) is 13.0 Å². The topological polar surface area (TPSA) is 86.6 Å². The molecule has 0 bridgehead atoms. The minimum Gasteiger partial charge on any atom is -0.395 e. The average molecular weight is 239 g/mol. The third kappa shape index (κ3) is 10.1. The second-order valence-corrected chi connectivity index (χ2v) is 5.19. The molecule has 0 spiro atoms. The summed E-state index contributed by atoms with van der Waals surface area (Å²) in [5.41, 5.74) is 0. The van der Waals surface area contributed by atoms with Gasteiger partial charge in [0.05, 0.1) is 12.4 Å². The molecule has 0 aliphatic heterocycles. The fourth-order valence-electron chi connectivity index (χ4n) is 1.27. The number of nitrogens with one attached hydrogen (secondary N) is 1. The molecule has 0 saturated carbocycles. The van der Waals surface area contributed by atoms with Crippen molar-refractivity contribution in [3.05, 3.63) is 0 Å². The lowest BCUT2D eigenvalue weighted by molar-refractivity contribution is 0.234. The molecule has 6 heteroatoms. The van der Waals surface area contributed by atoms with E-state index < -0.39 is 10.1 Å². The number of unbranched alkanes of at least 4 members (excludes halogenated alkanes) is 1. The van der Waals surface area contributed by atoms with Crippen molar-refractivity contribution in [2.45, 2.75) is 38.6 Å². The number of aliphatic hydroxyl groups is 1. The highest BCUT2D eigenvalue weighted by molar-refractivity contribution is 7.85. The first-order valence-electron chi connectivity index (χ1n) is 5.29. The molecule has 0 radical (unpaired) electrons. The van der Waals surface area contributed by atoms with Crippen LogP contribution in [0.15, 0.2) is 0 Å². The first kappa shape index (κ1) is 14.8. The summed E-state index contributed by atoms with van der Waals surface area (Å²) in [6, 6.07) is 0.0337. The summed E-state index contributed by atoms with van der Waals surface area (Å²) < 4.78 is 29.3. The molecule has 15 heavy (non-hydrogen) atoms. The molecule has 0 rings (SSSR count). The molecule has 1 atom stereocenters. The van der Waals surface area contributed by atoms with Gasteiger partial charge in [0.1, 0.15) is 0 Å². The van der Waals surface area contributed by atoms with Gasteiger partial charge in [-0.05, 0) is 19.4 Å². The molecule has 0 aliphatic carbocycles. The maximum atomic E-state index is 10.4. The largest absolute Gasteiger partial charge is 0.395 e. The van der Waals surface area contributed by atoms with E-state index in [2.05, 4.69) is 12.2 Å². The van der Waals surface area contributed by atoms with Gasteiger partial charge in [-0.1, -0.05) is 19.8 Å². The summed E-state index contributed by atoms with van der Waals surface area (Å²) in [7, 11) is -3.85. The van der Waals surface area contributed by atoms with Crippen molar-refractivity contribution in [3.8, 4) is 0 Å². The van der Waals surface area contributed by atoms with E-state index in [1.165, 1.54) is 0 Å². The summed E-state index contributed by atoms with van der Waals surface area (Å²) >= 11 is 0. The van der Waals surface area contributed by atoms with E-state index >= 15 is 0 Å². The van der Waals surface area contributed by atoms with Gasteiger partial charge in [-0.2, -0.15) is 8.42 Å². The lowest BCUT2D eigenvalue weighted by Gasteiger charge is -2.15. The Kier molecular flexibility index (Phi) is 7.95. The highest BCUT2D eigenvalue weighted by Gasteiger charge is 2.07. The first-order valence-corrected chi connectivity index (χ1v) is 6.90. The second-order valence-electron chi connectivity index (χ2n) is 3.62. The van der Waals surface area contributed by atoms with Crippen molar-refractivity contribution in [3.63, 3.8) is 0 Å². The molecule has 92 valence electrons. The molecule has 3 N–H and O–H groups in total. The lowest BCUT2D eigenvalue weighted by atomic mass is 10.1. The Labute approximate surface area is 91.6 Å². The first-order chi connectivity index (χ1) is 6.99. The molecule has 0 aromatic carbocycles. The van der Waals surface area contributed by atoms with Crippen molar-refractivity contribution < 1.29 is 18.1 Å². The Bertz CT molecular complexity index is 240. The molecule has 0 fully saturated rings. The highest BCUT2D eigenvalue weighted by atomic mass is 32.2. The zero-order valence-corrected chi connectivity index (χ0v) is 9.96. The van der Waals surface area contributed by atoms with Gasteiger partial charge in [-0.3, -0.25) is 4.55 Å². The fourth-order valence-corrected chi connectivity index (χ4v) is 1.78. The van der Waals surface area contributed by atoms with Gasteiger partial charge in [0, 0.05) is 6.04 Å². The molecule has 0 aromatic rings. The molecule has 0 heterocycles. The predicted octanol–water partition coefficient (Wildman–Crippen LogP) is 0.405. The van der Waals surface area contributed by atoms with Crippen LogP contribution in [-0.4, -0.2) is 43.0 Å². The summed E-state index contributed by atoms with van der Waals surface area (Å²) in [5, 5.41) is 12.0. The van der Waals surface area contributed by atoms with Gasteiger partial charge in [0.15, 0.2) is 0 Å². The van der Waals surface area contributed by atoms with E-state index in [1.807, 2.05) is 0 Å². The van der Waals surface area contributed by atoms with Gasteiger partial charge in [0.25, 0.3) is 10.1 Å². The number of hydrogen-bond acceptors (Lipinski definition) is 4. The van der Waals surface area contributed by atoms with Crippen LogP contribution in [0.25, 0.3) is 0 Å². The third-order valence-corrected chi connectivity index (χ3v) is 2.94. The summed E-state index contributed by atoms with van der Waals surface area (Å²) in [5.74, 6) is -0.230. The molecule has 0 saturated heterocycles. The highest BCUT2D eigenvalue weighted by Crippen LogP contribution is 1.99. The molecule has 1 unspecified atom stereocenters. The quantitative estimate of drug-likeness (QED) is 0.400. The smallest absolute Gasteiger partial charge is 0.264 e. The van der Waals surface area contributed by atoms with Crippen LogP contribution in [0, 0.1) is 0 Å². The van der Waals surface area contributed by atoms with Crippen LogP contribution in [0.3, 0.4) is 0 Å². The third-order valence-electron chi connectivity index (χ3n) is 2.14. The van der Waals surface area contributed by atoms with Crippen LogP contribution in [0.5, 0.6) is 0 Å². The lowest BCUT2D eigenvalue weighted by Crippen LogP contribution is -2.33. The van der Waals surface area contributed by atoms with Crippen LogP contribution < -0.4 is 5.32 Å². The van der Waals surface area contributed by atoms with Gasteiger partial charge in [-0.25, -0.2) is 0 Å². The Morgan fingerprint density at radius 3 is 2.47 bits per heavy atom. The molecule has 0 aromatic heterocycles. The van der Waals surface area contributed by atoms with E-state index in [4.69, 9.17) is 9.66 Å². The van der Waals surface area contributed by atoms with Crippen molar-refractivity contribution >= 4 is 10.1 Å². The molecular formula is C9H21NO4S. The zero-order valence-electron chi connectivity index (χ0n) is 9.15. The average Bonchev–Trinajstić information content (AvgIpc) is 2.15. The van der Waals surface area contributed by atoms with E-state index in [0.717, 1.165) is 19.3 Å². The van der Waals surface area contributed by atoms with Crippen LogP contribution in [-0.2, 0) is 10.1 Å². The number of aliphatic hydroxyl groups excluding tert-OH is 1. The summed E-state index contributed by atoms with van der Waals surface area (Å²) in [6.45, 7) is 2.63. The van der Waals surface area contributed by atoms with Crippen molar-refractivity contribution in [1.29, 1.82) is 0 Å². The van der Waals surface area contributed by atoms with E-state index in [1.54, 1.807) is 0 Å². The van der Waals surface area contributed by atoms with Gasteiger partial charge in [0.2, 0.25) is 0 Å². The Morgan fingerprint density at radius 2 is 2.00 bits per heavy atom. The molecule has 0 amide bonds. The van der Waals surface area contributed by atoms with Gasteiger partial charge < -0.3 is 10.4 Å². The standard InChI is InChI=1S/C9H21NO4S/c1-2-3-5-9(8-11)10-6-4-7-15(12,13)14/h9-11H,2-8H2,1H3,(H,12,13,14). The summed E-state index contributed by atoms with van der Waals surface area (Å²) in [6.07, 6.45) is 3.36. The van der Waals surface area contributed by atoms with Crippen LogP contribution in [0.4, 0.5) is 0 Å². The van der Waals surface area contributed by atoms with Crippen molar-refractivity contribution in [2.24, 2.45) is 0 Å². The monoisotopic (exact) mass is 239 g/mol. The van der Waals surface area contributed by atoms with Crippen LogP contribution in [0.2, 0.25) is 0 Å². The molecule has 0 aliphatic rings. The minimum atomic E-state index is -3.85. The fraction of sp³-hybridized carbons (Fsp3) is 1.00. The van der Waals surface area contributed by atoms with Crippen molar-refractivity contribution in [1.82, 2.24) is 5.32 Å². The molecular weight excluding hydrogens is 218 g/mol. The second kappa shape index (κ2) is 8.04. The molecule has 5 nitrogen and oxygen atoms in total. The zero-order chi connectivity index (χ0) is 11.7. The Balaban J connectivity index is 3.54. The van der Waals surface area contributed by atoms with E-state index in [9.17, 15) is 8.42 Å². The van der Waals surface area contributed by atoms with Gasteiger partial charge in [-0.15, -0.1) is 0 Å². The maximum absolute atomic E-state index is 10.4. The van der Waals surface area contributed by atoms with Crippen LogP contribution in [0.1, 0.15) is 32.6 Å². The normalized spacial score (nSPS) is 14.1. The Morgan fingerprint density at radius 1 is 1.33 bits per heavy atom. The van der Waals surface area contributed by atoms with Crippen LogP contribution >= 0.6 is 0 Å². The van der Waals surface area contributed by atoms with E-state index in [-0.39, 0.29) is 18.4 Å².